The van der Waals surface area contributed by atoms with Gasteiger partial charge in [0.1, 0.15) is 5.82 Å². The van der Waals surface area contributed by atoms with Gasteiger partial charge in [0.15, 0.2) is 0 Å². The first kappa shape index (κ1) is 13.4. The van der Waals surface area contributed by atoms with Crippen LogP contribution in [0.5, 0.6) is 0 Å². The fraction of sp³-hybridized carbons (Fsp3) is 0.500. The molecule has 0 spiro atoms. The van der Waals surface area contributed by atoms with Crippen LogP contribution in [0, 0.1) is 11.7 Å². The predicted molar refractivity (Wildman–Crippen MR) is 63.8 cm³/mol. The molecule has 1 aromatic rings. The van der Waals surface area contributed by atoms with Crippen molar-refractivity contribution in [2.75, 3.05) is 6.54 Å². The normalized spacial score (nSPS) is 14.8. The fourth-order valence-corrected chi connectivity index (χ4v) is 1.95. The maximum Gasteiger partial charge on any atom is 0.129 e. The zero-order valence-electron chi connectivity index (χ0n) is 9.29. The van der Waals surface area contributed by atoms with Gasteiger partial charge in [0, 0.05) is 16.5 Å². The van der Waals surface area contributed by atoms with E-state index in [1.807, 2.05) is 6.92 Å². The van der Waals surface area contributed by atoms with Gasteiger partial charge in [-0.15, -0.1) is 0 Å². The number of hydrogen-bond donors (Lipinski definition) is 2. The molecule has 90 valence electrons. The van der Waals surface area contributed by atoms with Crippen LogP contribution < -0.4 is 5.73 Å². The largest absolute Gasteiger partial charge is 0.388 e. The number of hydrogen-bond acceptors (Lipinski definition) is 2. The Morgan fingerprint density at radius 1 is 1.50 bits per heavy atom. The van der Waals surface area contributed by atoms with Gasteiger partial charge in [-0.25, -0.2) is 4.39 Å². The van der Waals surface area contributed by atoms with Crippen molar-refractivity contribution in [1.82, 2.24) is 0 Å². The van der Waals surface area contributed by atoms with E-state index in [1.165, 1.54) is 18.2 Å². The van der Waals surface area contributed by atoms with E-state index < -0.39 is 11.9 Å². The van der Waals surface area contributed by atoms with Crippen molar-refractivity contribution in [2.24, 2.45) is 11.7 Å². The quantitative estimate of drug-likeness (QED) is 0.838. The maximum absolute atomic E-state index is 13.5. The van der Waals surface area contributed by atoms with Crippen molar-refractivity contribution in [3.05, 3.63) is 34.6 Å². The Morgan fingerprint density at radius 2 is 2.19 bits per heavy atom. The monoisotopic (exact) mass is 245 g/mol. The number of nitrogens with two attached hydrogens (primary N) is 1. The van der Waals surface area contributed by atoms with Crippen LogP contribution in [0.3, 0.4) is 0 Å². The van der Waals surface area contributed by atoms with Gasteiger partial charge in [0.05, 0.1) is 6.10 Å². The first-order valence-electron chi connectivity index (χ1n) is 5.43. The Bertz CT molecular complexity index is 346. The Labute approximate surface area is 100 Å². The van der Waals surface area contributed by atoms with Gasteiger partial charge < -0.3 is 10.8 Å². The molecule has 2 atom stereocenters. The van der Waals surface area contributed by atoms with Crippen LogP contribution in [-0.2, 0) is 0 Å². The van der Waals surface area contributed by atoms with Gasteiger partial charge in [-0.05, 0) is 31.2 Å². The van der Waals surface area contributed by atoms with Crippen LogP contribution in [0.1, 0.15) is 31.4 Å². The van der Waals surface area contributed by atoms with Gasteiger partial charge in [-0.3, -0.25) is 0 Å². The molecular formula is C12H17ClFNO. The second-order valence-electron chi connectivity index (χ2n) is 3.90. The lowest BCUT2D eigenvalue weighted by molar-refractivity contribution is 0.103. The fourth-order valence-electron chi connectivity index (χ4n) is 1.77. The highest BCUT2D eigenvalue weighted by Crippen LogP contribution is 2.28. The van der Waals surface area contributed by atoms with Gasteiger partial charge in [0.2, 0.25) is 0 Å². The van der Waals surface area contributed by atoms with E-state index in [1.54, 1.807) is 0 Å². The zero-order valence-corrected chi connectivity index (χ0v) is 10.0. The summed E-state index contributed by atoms with van der Waals surface area (Å²) in [5, 5.41) is 10.5. The van der Waals surface area contributed by atoms with Crippen molar-refractivity contribution in [1.29, 1.82) is 0 Å². The molecule has 0 fully saturated rings. The van der Waals surface area contributed by atoms with Crippen LogP contribution in [0.2, 0.25) is 5.02 Å². The van der Waals surface area contributed by atoms with Crippen molar-refractivity contribution >= 4 is 11.6 Å². The summed E-state index contributed by atoms with van der Waals surface area (Å²) >= 11 is 5.78. The predicted octanol–water partition coefficient (Wildman–Crippen LogP) is 2.89. The van der Waals surface area contributed by atoms with E-state index in [0.29, 0.717) is 11.6 Å². The summed E-state index contributed by atoms with van der Waals surface area (Å²) in [6, 6.07) is 4.19. The molecule has 2 unspecified atom stereocenters. The van der Waals surface area contributed by atoms with Crippen molar-refractivity contribution < 1.29 is 9.50 Å². The highest BCUT2D eigenvalue weighted by Gasteiger charge is 2.21. The zero-order chi connectivity index (χ0) is 12.1. The Hall–Kier alpha value is -0.640. The number of benzene rings is 1. The number of rotatable bonds is 5. The summed E-state index contributed by atoms with van der Waals surface area (Å²) in [6.45, 7) is 2.34. The summed E-state index contributed by atoms with van der Waals surface area (Å²) in [6.07, 6.45) is 0.786. The third kappa shape index (κ3) is 3.17. The minimum absolute atomic E-state index is 0.127. The Morgan fingerprint density at radius 3 is 2.75 bits per heavy atom. The second kappa shape index (κ2) is 6.18. The van der Waals surface area contributed by atoms with E-state index in [2.05, 4.69) is 0 Å². The molecule has 4 heteroatoms. The van der Waals surface area contributed by atoms with E-state index in [4.69, 9.17) is 17.3 Å². The molecule has 1 aromatic carbocycles. The number of aliphatic hydroxyl groups excluding tert-OH is 1. The van der Waals surface area contributed by atoms with Crippen LogP contribution >= 0.6 is 11.6 Å². The summed E-state index contributed by atoms with van der Waals surface area (Å²) in [5.41, 5.74) is 5.80. The SMILES string of the molecule is CCCC(CN)C(O)c1cc(Cl)ccc1F. The van der Waals surface area contributed by atoms with Crippen LogP contribution in [0.4, 0.5) is 4.39 Å². The molecule has 0 saturated heterocycles. The Kier molecular flexibility index (Phi) is 5.19. The molecule has 0 aliphatic carbocycles. The molecule has 0 aliphatic rings. The third-order valence-electron chi connectivity index (χ3n) is 2.69. The van der Waals surface area contributed by atoms with E-state index in [9.17, 15) is 9.50 Å². The lowest BCUT2D eigenvalue weighted by atomic mass is 9.92. The summed E-state index contributed by atoms with van der Waals surface area (Å²) in [4.78, 5) is 0. The maximum atomic E-state index is 13.5. The first-order valence-corrected chi connectivity index (χ1v) is 5.81. The third-order valence-corrected chi connectivity index (χ3v) is 2.92. The summed E-state index contributed by atoms with van der Waals surface area (Å²) < 4.78 is 13.5. The second-order valence-corrected chi connectivity index (χ2v) is 4.33. The van der Waals surface area contributed by atoms with Crippen molar-refractivity contribution in [3.63, 3.8) is 0 Å². The molecule has 2 nitrogen and oxygen atoms in total. The smallest absolute Gasteiger partial charge is 0.129 e. The van der Waals surface area contributed by atoms with Gasteiger partial charge in [-0.2, -0.15) is 0 Å². The molecule has 0 amide bonds. The minimum Gasteiger partial charge on any atom is -0.388 e. The molecule has 0 saturated carbocycles. The topological polar surface area (TPSA) is 46.2 Å². The van der Waals surface area contributed by atoms with Gasteiger partial charge in [0.25, 0.3) is 0 Å². The molecule has 0 heterocycles. The van der Waals surface area contributed by atoms with Crippen molar-refractivity contribution in [2.45, 2.75) is 25.9 Å². The van der Waals surface area contributed by atoms with Gasteiger partial charge in [-0.1, -0.05) is 24.9 Å². The molecule has 0 aromatic heterocycles. The van der Waals surface area contributed by atoms with E-state index in [0.717, 1.165) is 12.8 Å². The highest BCUT2D eigenvalue weighted by atomic mass is 35.5. The Balaban J connectivity index is 2.93. The molecule has 3 N–H and O–H groups in total. The van der Waals surface area contributed by atoms with Crippen LogP contribution in [0.25, 0.3) is 0 Å². The van der Waals surface area contributed by atoms with Gasteiger partial charge >= 0.3 is 0 Å². The lowest BCUT2D eigenvalue weighted by Gasteiger charge is -2.21. The molecule has 0 aliphatic heterocycles. The lowest BCUT2D eigenvalue weighted by Crippen LogP contribution is -2.22. The highest BCUT2D eigenvalue weighted by molar-refractivity contribution is 6.30. The van der Waals surface area contributed by atoms with Crippen molar-refractivity contribution in [3.8, 4) is 0 Å². The summed E-state index contributed by atoms with van der Waals surface area (Å²) in [7, 11) is 0. The van der Waals surface area contributed by atoms with E-state index >= 15 is 0 Å². The molecule has 0 bridgehead atoms. The molecule has 0 radical (unpaired) electrons. The molecular weight excluding hydrogens is 229 g/mol. The average Bonchev–Trinajstić information content (AvgIpc) is 2.28. The average molecular weight is 246 g/mol. The minimum atomic E-state index is -0.886. The van der Waals surface area contributed by atoms with Crippen LogP contribution in [0.15, 0.2) is 18.2 Å². The number of halogens is 2. The van der Waals surface area contributed by atoms with E-state index in [-0.39, 0.29) is 11.5 Å². The van der Waals surface area contributed by atoms with Crippen LogP contribution in [-0.4, -0.2) is 11.7 Å². The molecule has 16 heavy (non-hydrogen) atoms. The first-order chi connectivity index (χ1) is 7.60. The summed E-state index contributed by atoms with van der Waals surface area (Å²) in [5.74, 6) is -0.565. The molecule has 1 rings (SSSR count). The number of aliphatic hydroxyl groups is 1. The standard InChI is InChI=1S/C12H17ClFNO/c1-2-3-8(7-15)12(16)10-6-9(13)4-5-11(10)14/h4-6,8,12,16H,2-3,7,15H2,1H3.